The summed E-state index contributed by atoms with van der Waals surface area (Å²) in [5, 5.41) is 11.2. The fourth-order valence-electron chi connectivity index (χ4n) is 4.23. The maximum Gasteiger partial charge on any atom is 0.296 e. The molecule has 2 atom stereocenters. The summed E-state index contributed by atoms with van der Waals surface area (Å²) >= 11 is 0. The molecular formula is C24H21NO6. The molecule has 2 aliphatic rings. The first-order valence-electron chi connectivity index (χ1n) is 10.1. The molecular weight excluding hydrogens is 398 g/mol. The summed E-state index contributed by atoms with van der Waals surface area (Å²) < 4.78 is 16.9. The number of likely N-dealkylation sites (tertiary alicyclic amines) is 1. The van der Waals surface area contributed by atoms with Gasteiger partial charge in [0.15, 0.2) is 0 Å². The smallest absolute Gasteiger partial charge is 0.296 e. The molecule has 0 bridgehead atoms. The Morgan fingerprint density at radius 2 is 2.03 bits per heavy atom. The summed E-state index contributed by atoms with van der Waals surface area (Å²) in [6.45, 7) is 3.83. The molecule has 2 aromatic heterocycles. The van der Waals surface area contributed by atoms with Crippen LogP contribution < -0.4 is 4.74 Å². The minimum Gasteiger partial charge on any atom is -0.507 e. The molecule has 1 saturated heterocycles. The van der Waals surface area contributed by atoms with Crippen molar-refractivity contribution in [2.75, 3.05) is 0 Å². The first kappa shape index (κ1) is 19.2. The fraction of sp³-hybridized carbons (Fsp3) is 0.250. The van der Waals surface area contributed by atoms with Gasteiger partial charge in [0, 0.05) is 12.0 Å². The molecule has 31 heavy (non-hydrogen) atoms. The number of hydrogen-bond donors (Lipinski definition) is 1. The molecule has 7 nitrogen and oxygen atoms in total. The second kappa shape index (κ2) is 7.19. The fourth-order valence-corrected chi connectivity index (χ4v) is 4.23. The number of Topliss-reactive ketones (excluding diaryl/α,β-unsaturated/α-hetero) is 1. The Morgan fingerprint density at radius 3 is 2.74 bits per heavy atom. The van der Waals surface area contributed by atoms with Crippen LogP contribution in [0.4, 0.5) is 0 Å². The minimum absolute atomic E-state index is 0.00202. The Hall–Kier alpha value is -3.74. The van der Waals surface area contributed by atoms with E-state index in [-0.39, 0.29) is 24.0 Å². The zero-order valence-corrected chi connectivity index (χ0v) is 17.1. The van der Waals surface area contributed by atoms with Crippen LogP contribution >= 0.6 is 0 Å². The highest BCUT2D eigenvalue weighted by Gasteiger charge is 2.48. The highest BCUT2D eigenvalue weighted by molar-refractivity contribution is 6.46. The monoisotopic (exact) mass is 419 g/mol. The molecule has 1 N–H and O–H groups in total. The Kier molecular flexibility index (Phi) is 4.46. The maximum atomic E-state index is 13.0. The molecule has 0 saturated carbocycles. The summed E-state index contributed by atoms with van der Waals surface area (Å²) in [4.78, 5) is 27.3. The van der Waals surface area contributed by atoms with Gasteiger partial charge in [-0.15, -0.1) is 0 Å². The summed E-state index contributed by atoms with van der Waals surface area (Å²) in [5.41, 5.74) is 1.41. The molecule has 5 rings (SSSR count). The standard InChI is InChI=1S/C24H21NO6/c1-13-5-7-19(30-13)21-20(23(27)24(28)25(21)12-17-4-3-9-29-17)22(26)15-6-8-18-16(11-15)10-14(2)31-18/h3-9,11,14,21,26H,10,12H2,1-2H3. The Labute approximate surface area is 178 Å². The number of hydrogen-bond acceptors (Lipinski definition) is 6. The van der Waals surface area contributed by atoms with Crippen LogP contribution in [-0.4, -0.2) is 27.8 Å². The van der Waals surface area contributed by atoms with Gasteiger partial charge in [-0.25, -0.2) is 0 Å². The topological polar surface area (TPSA) is 93.1 Å². The molecule has 7 heteroatoms. The number of ketones is 1. The quantitative estimate of drug-likeness (QED) is 0.388. The number of amides is 1. The predicted molar refractivity (Wildman–Crippen MR) is 110 cm³/mol. The minimum atomic E-state index is -0.859. The molecule has 2 aliphatic heterocycles. The number of aliphatic hydroxyl groups is 1. The van der Waals surface area contributed by atoms with E-state index in [1.54, 1.807) is 49.4 Å². The number of rotatable bonds is 4. The van der Waals surface area contributed by atoms with Crippen molar-refractivity contribution in [3.8, 4) is 5.75 Å². The van der Waals surface area contributed by atoms with Gasteiger partial charge in [-0.3, -0.25) is 9.59 Å². The van der Waals surface area contributed by atoms with E-state index in [2.05, 4.69) is 0 Å². The van der Waals surface area contributed by atoms with Crippen LogP contribution in [0.15, 0.2) is 63.1 Å². The first-order valence-corrected chi connectivity index (χ1v) is 10.1. The number of carbonyl (C=O) groups is 2. The summed E-state index contributed by atoms with van der Waals surface area (Å²) in [6, 6.07) is 11.3. The van der Waals surface area contributed by atoms with Crippen LogP contribution in [0.1, 0.15) is 41.4 Å². The lowest BCUT2D eigenvalue weighted by Gasteiger charge is -2.22. The lowest BCUT2D eigenvalue weighted by Crippen LogP contribution is -2.28. The Bertz CT molecular complexity index is 1200. The number of aryl methyl sites for hydroxylation is 1. The molecule has 4 heterocycles. The molecule has 0 radical (unpaired) electrons. The third kappa shape index (κ3) is 3.22. The molecule has 158 valence electrons. The van der Waals surface area contributed by atoms with Gasteiger partial charge in [0.1, 0.15) is 40.9 Å². The number of benzene rings is 1. The van der Waals surface area contributed by atoms with Gasteiger partial charge in [-0.2, -0.15) is 0 Å². The van der Waals surface area contributed by atoms with E-state index < -0.39 is 17.7 Å². The summed E-state index contributed by atoms with van der Waals surface area (Å²) in [6.07, 6.45) is 2.27. The van der Waals surface area contributed by atoms with Crippen molar-refractivity contribution >= 4 is 17.4 Å². The van der Waals surface area contributed by atoms with E-state index in [1.807, 2.05) is 6.92 Å². The second-order valence-electron chi connectivity index (χ2n) is 7.91. The lowest BCUT2D eigenvalue weighted by molar-refractivity contribution is -0.140. The van der Waals surface area contributed by atoms with Gasteiger partial charge >= 0.3 is 0 Å². The van der Waals surface area contributed by atoms with E-state index in [0.717, 1.165) is 11.3 Å². The van der Waals surface area contributed by atoms with Crippen LogP contribution in [0.25, 0.3) is 5.76 Å². The largest absolute Gasteiger partial charge is 0.507 e. The second-order valence-corrected chi connectivity index (χ2v) is 7.91. The number of nitrogens with zero attached hydrogens (tertiary/aromatic N) is 1. The van der Waals surface area contributed by atoms with E-state index in [9.17, 15) is 14.7 Å². The third-order valence-electron chi connectivity index (χ3n) is 5.65. The predicted octanol–water partition coefficient (Wildman–Crippen LogP) is 4.13. The zero-order chi connectivity index (χ0) is 21.7. The normalized spacial score (nSPS) is 22.1. The average Bonchev–Trinajstić information content (AvgIpc) is 3.51. The van der Waals surface area contributed by atoms with Crippen LogP contribution in [0.5, 0.6) is 5.75 Å². The van der Waals surface area contributed by atoms with E-state index in [4.69, 9.17) is 13.6 Å². The third-order valence-corrected chi connectivity index (χ3v) is 5.65. The number of furan rings is 2. The lowest BCUT2D eigenvalue weighted by atomic mass is 9.97. The first-order chi connectivity index (χ1) is 14.9. The molecule has 2 unspecified atom stereocenters. The van der Waals surface area contributed by atoms with Crippen molar-refractivity contribution < 1.29 is 28.3 Å². The van der Waals surface area contributed by atoms with Crippen LogP contribution in [-0.2, 0) is 22.6 Å². The molecule has 0 spiro atoms. The van der Waals surface area contributed by atoms with Gasteiger partial charge in [0.2, 0.25) is 0 Å². The highest BCUT2D eigenvalue weighted by atomic mass is 16.5. The molecule has 1 aromatic carbocycles. The van der Waals surface area contributed by atoms with Crippen LogP contribution in [0.3, 0.4) is 0 Å². The van der Waals surface area contributed by atoms with Crippen molar-refractivity contribution in [1.29, 1.82) is 0 Å². The SMILES string of the molecule is Cc1ccc(C2C(=C(O)c3ccc4c(c3)CC(C)O4)C(=O)C(=O)N2Cc2ccco2)o1. The van der Waals surface area contributed by atoms with Gasteiger partial charge in [-0.1, -0.05) is 0 Å². The van der Waals surface area contributed by atoms with Crippen molar-refractivity contribution in [2.45, 2.75) is 39.0 Å². The van der Waals surface area contributed by atoms with Gasteiger partial charge in [0.05, 0.1) is 18.4 Å². The van der Waals surface area contributed by atoms with Crippen LogP contribution in [0, 0.1) is 6.92 Å². The number of aliphatic hydroxyl groups excluding tert-OH is 1. The zero-order valence-electron chi connectivity index (χ0n) is 17.1. The van der Waals surface area contributed by atoms with Crippen molar-refractivity contribution in [3.05, 3.63) is 82.7 Å². The molecule has 0 aliphatic carbocycles. The van der Waals surface area contributed by atoms with Crippen LogP contribution in [0.2, 0.25) is 0 Å². The summed E-state index contributed by atoms with van der Waals surface area (Å²) in [7, 11) is 0. The Balaban J connectivity index is 1.62. The average molecular weight is 419 g/mol. The van der Waals surface area contributed by atoms with E-state index in [1.165, 1.54) is 11.2 Å². The molecule has 1 amide bonds. The van der Waals surface area contributed by atoms with Crippen molar-refractivity contribution in [1.82, 2.24) is 4.90 Å². The van der Waals surface area contributed by atoms with E-state index >= 15 is 0 Å². The Morgan fingerprint density at radius 1 is 1.19 bits per heavy atom. The number of fused-ring (bicyclic) bond motifs is 1. The maximum absolute atomic E-state index is 13.0. The van der Waals surface area contributed by atoms with E-state index in [0.29, 0.717) is 29.3 Å². The van der Waals surface area contributed by atoms with Crippen molar-refractivity contribution in [3.63, 3.8) is 0 Å². The number of ether oxygens (including phenoxy) is 1. The summed E-state index contributed by atoms with van der Waals surface area (Å²) in [5.74, 6) is 0.634. The van der Waals surface area contributed by atoms with Gasteiger partial charge in [0.25, 0.3) is 11.7 Å². The van der Waals surface area contributed by atoms with Gasteiger partial charge in [-0.05, 0) is 61.9 Å². The van der Waals surface area contributed by atoms with Gasteiger partial charge < -0.3 is 23.6 Å². The van der Waals surface area contributed by atoms with Crippen molar-refractivity contribution in [2.24, 2.45) is 0 Å². The highest BCUT2D eigenvalue weighted by Crippen LogP contribution is 2.41. The number of carbonyl (C=O) groups excluding carboxylic acids is 2. The molecule has 3 aromatic rings. The molecule has 1 fully saturated rings.